The number of aromatic nitrogens is 1. The molecule has 2 N–H and O–H groups in total. The molecule has 4 aromatic rings. The summed E-state index contributed by atoms with van der Waals surface area (Å²) in [5, 5.41) is 18.4. The van der Waals surface area contributed by atoms with Gasteiger partial charge in [-0.3, -0.25) is 9.10 Å². The largest absolute Gasteiger partial charge is 0.494 e. The number of hydrogen-bond donors (Lipinski definition) is 2. The van der Waals surface area contributed by atoms with E-state index < -0.39 is 22.5 Å². The van der Waals surface area contributed by atoms with Crippen molar-refractivity contribution in [3.63, 3.8) is 0 Å². The molecule has 1 aromatic heterocycles. The molecule has 12 heteroatoms. The number of hydrogen-bond acceptors (Lipinski definition) is 7. The third-order valence-corrected chi connectivity index (χ3v) is 8.36. The van der Waals surface area contributed by atoms with E-state index in [0.717, 1.165) is 13.7 Å². The molecule has 3 aromatic carbocycles. The first-order valence-electron chi connectivity index (χ1n) is 11.1. The zero-order valence-corrected chi connectivity index (χ0v) is 23.1. The number of anilines is 1. The molecule has 0 unspecified atom stereocenters. The molecule has 0 aliphatic rings. The Kier molecular flexibility index (Phi) is 8.20. The summed E-state index contributed by atoms with van der Waals surface area (Å²) in [6.07, 6.45) is 1.89. The smallest absolute Gasteiger partial charge is 0.285 e. The van der Waals surface area contributed by atoms with Crippen LogP contribution < -0.4 is 9.04 Å². The van der Waals surface area contributed by atoms with Crippen LogP contribution in [0.4, 0.5) is 11.4 Å². The Labute approximate surface area is 226 Å². The second kappa shape index (κ2) is 11.4. The molecule has 0 aliphatic heterocycles. The van der Waals surface area contributed by atoms with Gasteiger partial charge in [0.25, 0.3) is 15.9 Å². The van der Waals surface area contributed by atoms with Gasteiger partial charge in [-0.05, 0) is 79.9 Å². The van der Waals surface area contributed by atoms with Crippen molar-refractivity contribution in [1.82, 2.24) is 4.98 Å². The van der Waals surface area contributed by atoms with E-state index in [-0.39, 0.29) is 22.2 Å². The predicted octanol–water partition coefficient (Wildman–Crippen LogP) is 6.26. The maximum atomic E-state index is 13.6. The molecule has 0 atom stereocenters. The molecular weight excluding hydrogens is 580 g/mol. The van der Waals surface area contributed by atoms with Crippen LogP contribution in [0.2, 0.25) is 0 Å². The number of aromatic amines is 1. The lowest BCUT2D eigenvalue weighted by molar-refractivity contribution is -0.116. The van der Waals surface area contributed by atoms with Gasteiger partial charge < -0.3 is 14.8 Å². The van der Waals surface area contributed by atoms with Crippen LogP contribution in [0.1, 0.15) is 6.92 Å². The van der Waals surface area contributed by atoms with Crippen LogP contribution in [-0.2, 0) is 14.8 Å². The Hall–Kier alpha value is -3.35. The number of halogens is 1. The molecule has 0 saturated heterocycles. The molecule has 0 radical (unpaired) electrons. The summed E-state index contributed by atoms with van der Waals surface area (Å²) in [5.41, 5.74) is 0.946. The monoisotopic (exact) mass is 602 g/mol. The molecular formula is C25H23BrN4O5S2. The van der Waals surface area contributed by atoms with Crippen LogP contribution >= 0.6 is 27.7 Å². The van der Waals surface area contributed by atoms with E-state index in [1.807, 2.05) is 13.2 Å². The standard InChI is InChI=1S/C25H23BrN4O5S2/c1-3-35-18-7-5-17(6-8-18)30(37(33,34)20-11-9-19(36-2)10-12-20)15-23(31)28-29-24-21-14-16(26)4-13-22(21)27-25(24)32/h4-14,27,32H,3,15H2,1-2H3. The van der Waals surface area contributed by atoms with E-state index in [2.05, 4.69) is 31.1 Å². The van der Waals surface area contributed by atoms with Crippen LogP contribution in [0.25, 0.3) is 10.9 Å². The maximum Gasteiger partial charge on any atom is 0.285 e. The Bertz CT molecular complexity index is 1550. The zero-order valence-electron chi connectivity index (χ0n) is 19.9. The Balaban J connectivity index is 1.67. The van der Waals surface area contributed by atoms with Crippen molar-refractivity contribution in [1.29, 1.82) is 0 Å². The molecule has 192 valence electrons. The van der Waals surface area contributed by atoms with E-state index in [9.17, 15) is 18.3 Å². The van der Waals surface area contributed by atoms with Gasteiger partial charge in [-0.2, -0.15) is 0 Å². The van der Waals surface area contributed by atoms with Crippen molar-refractivity contribution in [2.45, 2.75) is 16.7 Å². The molecule has 0 fully saturated rings. The number of ether oxygens (including phenoxy) is 1. The van der Waals surface area contributed by atoms with Crippen LogP contribution in [0.3, 0.4) is 0 Å². The van der Waals surface area contributed by atoms with Crippen molar-refractivity contribution in [2.24, 2.45) is 10.2 Å². The average Bonchev–Trinajstić information content (AvgIpc) is 3.20. The molecule has 0 aliphatic carbocycles. The topological polar surface area (TPSA) is 124 Å². The van der Waals surface area contributed by atoms with Gasteiger partial charge in [0.15, 0.2) is 5.69 Å². The van der Waals surface area contributed by atoms with Gasteiger partial charge in [0, 0.05) is 14.8 Å². The van der Waals surface area contributed by atoms with Crippen molar-refractivity contribution < 1.29 is 23.1 Å². The van der Waals surface area contributed by atoms with Crippen molar-refractivity contribution >= 4 is 65.9 Å². The fourth-order valence-corrected chi connectivity index (χ4v) is 5.75. The SMILES string of the molecule is CCOc1ccc(N(CC(=O)N=Nc2c(O)[nH]c3ccc(Br)cc23)S(=O)(=O)c2ccc(SC)cc2)cc1. The minimum absolute atomic E-state index is 0.0306. The Morgan fingerprint density at radius 1 is 1.11 bits per heavy atom. The number of azo groups is 1. The molecule has 0 spiro atoms. The van der Waals surface area contributed by atoms with E-state index in [1.54, 1.807) is 54.6 Å². The van der Waals surface area contributed by atoms with Crippen LogP contribution in [0.15, 0.2) is 91.2 Å². The first-order valence-corrected chi connectivity index (χ1v) is 14.5. The summed E-state index contributed by atoms with van der Waals surface area (Å²) >= 11 is 4.85. The zero-order chi connectivity index (χ0) is 26.6. The summed E-state index contributed by atoms with van der Waals surface area (Å²) < 4.78 is 34.4. The predicted molar refractivity (Wildman–Crippen MR) is 148 cm³/mol. The second-order valence-electron chi connectivity index (χ2n) is 7.72. The number of amides is 1. The minimum Gasteiger partial charge on any atom is -0.494 e. The highest BCUT2D eigenvalue weighted by molar-refractivity contribution is 9.10. The molecule has 1 heterocycles. The highest BCUT2D eigenvalue weighted by Gasteiger charge is 2.27. The van der Waals surface area contributed by atoms with Crippen molar-refractivity contribution in [2.75, 3.05) is 23.7 Å². The fourth-order valence-electron chi connectivity index (χ4n) is 3.56. The van der Waals surface area contributed by atoms with Gasteiger partial charge in [0.05, 0.1) is 22.7 Å². The van der Waals surface area contributed by atoms with Gasteiger partial charge in [0.1, 0.15) is 12.3 Å². The molecule has 9 nitrogen and oxygen atoms in total. The number of aromatic hydroxyl groups is 1. The second-order valence-corrected chi connectivity index (χ2v) is 11.4. The molecule has 4 rings (SSSR count). The van der Waals surface area contributed by atoms with Crippen molar-refractivity contribution in [3.8, 4) is 11.6 Å². The molecule has 0 saturated carbocycles. The number of thioether (sulfide) groups is 1. The third-order valence-electron chi connectivity index (χ3n) is 5.34. The Morgan fingerprint density at radius 2 is 1.81 bits per heavy atom. The van der Waals surface area contributed by atoms with Gasteiger partial charge in [-0.1, -0.05) is 15.9 Å². The number of rotatable bonds is 9. The summed E-state index contributed by atoms with van der Waals surface area (Å²) in [6.45, 7) is 1.70. The van der Waals surface area contributed by atoms with Crippen molar-refractivity contribution in [3.05, 3.63) is 71.2 Å². The average molecular weight is 604 g/mol. The summed E-state index contributed by atoms with van der Waals surface area (Å²) in [4.78, 5) is 16.6. The highest BCUT2D eigenvalue weighted by atomic mass is 79.9. The van der Waals surface area contributed by atoms with Gasteiger partial charge >= 0.3 is 0 Å². The van der Waals surface area contributed by atoms with Crippen LogP contribution in [-0.4, -0.2) is 43.8 Å². The fraction of sp³-hybridized carbons (Fsp3) is 0.160. The summed E-state index contributed by atoms with van der Waals surface area (Å²) in [5.74, 6) is -0.503. The number of benzene rings is 3. The van der Waals surface area contributed by atoms with Gasteiger partial charge in [-0.15, -0.1) is 22.0 Å². The number of fused-ring (bicyclic) bond motifs is 1. The van der Waals surface area contributed by atoms with E-state index in [1.165, 1.54) is 23.9 Å². The number of H-pyrrole nitrogens is 1. The lowest BCUT2D eigenvalue weighted by atomic mass is 10.2. The normalized spacial score (nSPS) is 11.8. The molecule has 37 heavy (non-hydrogen) atoms. The maximum absolute atomic E-state index is 13.6. The highest BCUT2D eigenvalue weighted by Crippen LogP contribution is 2.37. The number of nitrogens with one attached hydrogen (secondary N) is 1. The van der Waals surface area contributed by atoms with E-state index in [4.69, 9.17) is 4.74 Å². The molecule has 1 amide bonds. The lowest BCUT2D eigenvalue weighted by Gasteiger charge is -2.23. The quantitative estimate of drug-likeness (QED) is 0.172. The van der Waals surface area contributed by atoms with Crippen LogP contribution in [0.5, 0.6) is 11.6 Å². The number of carbonyl (C=O) groups excluding carboxylic acids is 1. The minimum atomic E-state index is -4.12. The van der Waals surface area contributed by atoms with E-state index in [0.29, 0.717) is 23.3 Å². The van der Waals surface area contributed by atoms with Gasteiger partial charge in [0.2, 0.25) is 5.88 Å². The first kappa shape index (κ1) is 26.7. The lowest BCUT2D eigenvalue weighted by Crippen LogP contribution is -2.35. The third kappa shape index (κ3) is 5.97. The number of nitrogens with zero attached hydrogens (tertiary/aromatic N) is 3. The first-order chi connectivity index (χ1) is 17.7. The summed E-state index contributed by atoms with van der Waals surface area (Å²) in [7, 11) is -4.12. The summed E-state index contributed by atoms with van der Waals surface area (Å²) in [6, 6.07) is 18.0. The molecule has 0 bridgehead atoms. The van der Waals surface area contributed by atoms with Crippen LogP contribution in [0, 0.1) is 0 Å². The number of sulfonamides is 1. The number of carbonyl (C=O) groups is 1. The van der Waals surface area contributed by atoms with Gasteiger partial charge in [-0.25, -0.2) is 8.42 Å². The Morgan fingerprint density at radius 3 is 2.46 bits per heavy atom. The van der Waals surface area contributed by atoms with E-state index >= 15 is 0 Å².